The van der Waals surface area contributed by atoms with Crippen molar-refractivity contribution in [3.63, 3.8) is 0 Å². The molecule has 5 aromatic rings. The summed E-state index contributed by atoms with van der Waals surface area (Å²) in [4.78, 5) is 16.0. The van der Waals surface area contributed by atoms with E-state index in [4.69, 9.17) is 14.4 Å². The van der Waals surface area contributed by atoms with E-state index in [9.17, 15) is 32.5 Å². The van der Waals surface area contributed by atoms with E-state index in [-0.39, 0.29) is 106 Å². The molecule has 244 valence electrons. The van der Waals surface area contributed by atoms with E-state index < -0.39 is 39.0 Å². The average Bonchev–Trinajstić information content (AvgIpc) is 3.03. The molecule has 0 saturated carbocycles. The summed E-state index contributed by atoms with van der Waals surface area (Å²) in [5.74, 6) is -0.239. The van der Waals surface area contributed by atoms with Crippen LogP contribution in [0.4, 0.5) is 17.1 Å². The quantitative estimate of drug-likeness (QED) is 0.0306. The molecule has 0 atom stereocenters. The molecule has 1 amide bonds. The summed E-state index contributed by atoms with van der Waals surface area (Å²) < 4.78 is 62.1. The Balaban J connectivity index is 0.00000325. The topological polar surface area (TPSA) is 211 Å². The van der Waals surface area contributed by atoms with Gasteiger partial charge < -0.3 is 39.0 Å². The number of carbonyl (C=O) groups is 1. The van der Waals surface area contributed by atoms with Crippen molar-refractivity contribution in [1.29, 1.82) is 0 Å². The molecule has 3 N–H and O–H groups in total. The molecule has 0 aromatic heterocycles. The molecular weight excluding hydrogens is 700 g/mol. The number of nitrogens with one attached hydrogen (secondary N) is 1. The van der Waals surface area contributed by atoms with E-state index in [2.05, 4.69) is 19.9 Å². The van der Waals surface area contributed by atoms with Crippen molar-refractivity contribution in [2.75, 3.05) is 18.5 Å². The zero-order chi connectivity index (χ0) is 33.7. The molecule has 0 aliphatic rings. The molecule has 0 spiro atoms. The zero-order valence-electron chi connectivity index (χ0n) is 26.6. The summed E-state index contributed by atoms with van der Waals surface area (Å²) in [6.07, 6.45) is 0. The molecule has 5 aromatic carbocycles. The van der Waals surface area contributed by atoms with Crippen molar-refractivity contribution >= 4 is 67.0 Å². The predicted octanol–water partition coefficient (Wildman–Crippen LogP) is 0.545. The summed E-state index contributed by atoms with van der Waals surface area (Å²) >= 11 is -0.402. The van der Waals surface area contributed by atoms with Crippen LogP contribution in [0, 0.1) is 6.92 Å². The van der Waals surface area contributed by atoms with Gasteiger partial charge in [-0.15, -0.1) is 9.45 Å². The van der Waals surface area contributed by atoms with Crippen LogP contribution in [-0.4, -0.2) is 46.9 Å². The second kappa shape index (κ2) is 17.7. The normalized spacial score (nSPS) is 11.2. The molecule has 0 radical (unpaired) electrons. The summed E-state index contributed by atoms with van der Waals surface area (Å²) in [7, 11) is -4.96. The summed E-state index contributed by atoms with van der Waals surface area (Å²) in [5.41, 5.74) is 0.488. The van der Waals surface area contributed by atoms with E-state index in [1.165, 1.54) is 0 Å². The number of carbonyl (C=O) groups excluding carboxylic acids is 1. The molecule has 0 unspecified atom stereocenters. The Bertz CT molecular complexity index is 2120. The maximum absolute atomic E-state index is 11.8. The Labute approximate surface area is 329 Å². The van der Waals surface area contributed by atoms with Gasteiger partial charge in [-0.25, -0.2) is 8.42 Å². The number of azo groups is 1. The minimum Gasteiger partial charge on any atom is -0.773 e. The maximum Gasteiger partial charge on any atom is 1.00 e. The van der Waals surface area contributed by atoms with Crippen LogP contribution in [0.1, 0.15) is 12.5 Å². The van der Waals surface area contributed by atoms with E-state index in [0.717, 1.165) is 30.5 Å². The van der Waals surface area contributed by atoms with Gasteiger partial charge in [0.25, 0.3) is 0 Å². The first-order valence-corrected chi connectivity index (χ1v) is 15.7. The Kier molecular flexibility index (Phi) is 14.5. The minimum atomic E-state index is -4.96. The van der Waals surface area contributed by atoms with E-state index in [1.54, 1.807) is 37.3 Å². The average molecular weight is 726 g/mol. The van der Waals surface area contributed by atoms with Gasteiger partial charge in [-0.05, 0) is 78.7 Å². The number of fused-ring (bicyclic) bond motifs is 2. The monoisotopic (exact) mass is 725 g/mol. The third-order valence-corrected chi connectivity index (χ3v) is 7.69. The Hall–Kier alpha value is -3.13. The Morgan fingerprint density at radius 3 is 2.22 bits per heavy atom. The fourth-order valence-corrected chi connectivity index (χ4v) is 5.34. The molecule has 14 nitrogen and oxygen atoms in total. The number of benzene rings is 5. The summed E-state index contributed by atoms with van der Waals surface area (Å²) in [5, 5.41) is 33.3. The number of nitrogens with zero attached hydrogens (tertiary/aromatic N) is 2. The van der Waals surface area contributed by atoms with Gasteiger partial charge in [0.2, 0.25) is 5.91 Å². The van der Waals surface area contributed by atoms with Gasteiger partial charge >= 0.3 is 59.1 Å². The number of aromatic hydroxyl groups is 2. The van der Waals surface area contributed by atoms with Crippen LogP contribution in [0.2, 0.25) is 0 Å². The van der Waals surface area contributed by atoms with Crippen LogP contribution in [0.15, 0.2) is 87.9 Å². The fraction of sp³-hybridized carbons (Fsp3) is 0.129. The first kappa shape index (κ1) is 40.3. The van der Waals surface area contributed by atoms with Crippen LogP contribution in [-0.2, 0) is 19.2 Å². The van der Waals surface area contributed by atoms with Crippen LogP contribution in [0.5, 0.6) is 28.7 Å². The number of anilines is 1. The summed E-state index contributed by atoms with van der Waals surface area (Å²) in [6.45, 7) is 3.38. The van der Waals surface area contributed by atoms with E-state index in [0.29, 0.717) is 28.1 Å². The fourth-order valence-electron chi connectivity index (χ4n) is 4.71. The van der Waals surface area contributed by atoms with Gasteiger partial charge in [0.15, 0.2) is 17.2 Å². The van der Waals surface area contributed by atoms with Gasteiger partial charge in [-0.3, -0.25) is 4.79 Å². The molecule has 49 heavy (non-hydrogen) atoms. The third-order valence-electron chi connectivity index (χ3n) is 6.76. The number of amides is 1. The number of phenolic OH excluding ortho intramolecular Hbond substituents is 2. The van der Waals surface area contributed by atoms with Crippen LogP contribution in [0.25, 0.3) is 21.5 Å². The molecule has 0 saturated heterocycles. The van der Waals surface area contributed by atoms with Crippen molar-refractivity contribution in [3.8, 4) is 28.7 Å². The van der Waals surface area contributed by atoms with Gasteiger partial charge in [0.1, 0.15) is 40.6 Å². The first-order valence-electron chi connectivity index (χ1n) is 13.7. The third kappa shape index (κ3) is 9.77. The van der Waals surface area contributed by atoms with E-state index in [1.807, 2.05) is 24.3 Å². The minimum absolute atomic E-state index is 0. The van der Waals surface area contributed by atoms with Crippen molar-refractivity contribution in [2.24, 2.45) is 10.2 Å². The molecule has 0 fully saturated rings. The SMILES string of the molecule is CC(=O)Nc1cc(S(=O)(=O)[O-])cc2cc(OOS[O-])c(N=Nc3ccc(OCCOc4cc(C)c(O)c5ccccc45)cc3)c(O)c12.[Na+].[Na+]. The zero-order valence-corrected chi connectivity index (χ0v) is 32.3. The van der Waals surface area contributed by atoms with Gasteiger partial charge in [0, 0.05) is 23.1 Å². The molecular formula is C31H25N3Na2O11S2. The number of ether oxygens (including phenoxy) is 2. The van der Waals surface area contributed by atoms with Crippen molar-refractivity contribution in [2.45, 2.75) is 18.7 Å². The van der Waals surface area contributed by atoms with Crippen molar-refractivity contribution < 1.29 is 110 Å². The largest absolute Gasteiger partial charge is 1.00 e. The Morgan fingerprint density at radius 1 is 0.898 bits per heavy atom. The number of aryl methyl sites for hydroxylation is 1. The number of phenols is 2. The number of hydrogen-bond acceptors (Lipinski definition) is 14. The van der Waals surface area contributed by atoms with Crippen molar-refractivity contribution in [3.05, 3.63) is 78.4 Å². The molecule has 0 aliphatic heterocycles. The van der Waals surface area contributed by atoms with Crippen LogP contribution < -0.4 is 78.8 Å². The predicted molar refractivity (Wildman–Crippen MR) is 170 cm³/mol. The van der Waals surface area contributed by atoms with Gasteiger partial charge in [-0.2, -0.15) is 5.11 Å². The van der Waals surface area contributed by atoms with Crippen molar-refractivity contribution in [1.82, 2.24) is 0 Å². The van der Waals surface area contributed by atoms with E-state index >= 15 is 0 Å². The molecule has 0 heterocycles. The first-order chi connectivity index (χ1) is 22.5. The number of rotatable bonds is 12. The van der Waals surface area contributed by atoms with Gasteiger partial charge in [-0.1, -0.05) is 24.3 Å². The van der Waals surface area contributed by atoms with Crippen LogP contribution in [0.3, 0.4) is 0 Å². The number of hydrogen-bond donors (Lipinski definition) is 3. The summed E-state index contributed by atoms with van der Waals surface area (Å²) in [6, 6.07) is 18.6. The molecule has 18 heteroatoms. The molecule has 0 bridgehead atoms. The maximum atomic E-state index is 11.8. The second-order valence-electron chi connectivity index (χ2n) is 9.97. The van der Waals surface area contributed by atoms with Crippen LogP contribution >= 0.6 is 12.3 Å². The smallest absolute Gasteiger partial charge is 0.773 e. The molecule has 0 aliphatic carbocycles. The van der Waals surface area contributed by atoms with Gasteiger partial charge in [0.05, 0.1) is 16.3 Å². The second-order valence-corrected chi connectivity index (χ2v) is 11.6. The standard InChI is InChI=1S/C31H27N3O11S2.2Na/c1-17-13-26(23-5-3-4-6-24(23)30(17)36)43-12-11-42-21-9-7-20(8-10-21)33-34-29-27(44-45-46-38)15-19-14-22(47(39,40)41)16-25(32-18(2)35)28(19)31(29)37;;/h3-10,13-16,36-38H,11-12H2,1-2H3,(H,32,35)(H,39,40,41);;/q;2*+1/p-2. The Morgan fingerprint density at radius 2 is 1.57 bits per heavy atom. The molecule has 5 rings (SSSR count).